The number of carbonyl (C=O) groups excluding carboxylic acids is 2. The first kappa shape index (κ1) is 21.7. The van der Waals surface area contributed by atoms with Crippen molar-refractivity contribution in [3.8, 4) is 5.75 Å². The minimum absolute atomic E-state index is 0.0506. The topological polar surface area (TPSA) is 92.4 Å². The third-order valence-electron chi connectivity index (χ3n) is 4.26. The Labute approximate surface area is 183 Å². The molecule has 1 aromatic heterocycles. The molecule has 0 saturated heterocycles. The van der Waals surface area contributed by atoms with Gasteiger partial charge in [0.1, 0.15) is 5.75 Å². The van der Waals surface area contributed by atoms with Crippen LogP contribution in [0.5, 0.6) is 5.75 Å². The van der Waals surface area contributed by atoms with Gasteiger partial charge in [0.15, 0.2) is 10.2 Å². The van der Waals surface area contributed by atoms with E-state index < -0.39 is 0 Å². The van der Waals surface area contributed by atoms with Gasteiger partial charge in [-0.15, -0.1) is 0 Å². The lowest BCUT2D eigenvalue weighted by Gasteiger charge is -2.13. The highest BCUT2D eigenvalue weighted by Gasteiger charge is 2.15. The maximum absolute atomic E-state index is 12.6. The Kier molecular flexibility index (Phi) is 6.96. The third kappa shape index (κ3) is 5.11. The summed E-state index contributed by atoms with van der Waals surface area (Å²) in [4.78, 5) is 28.8. The standard InChI is InChI=1S/C21H22N4O3S2/c1-4-6-17(26)24-21-23-15-10-9-13(11-16(15)30-21)22-20(29)25-19(27)14-8-5-7-12(2)18(14)28-3/h5,7-11H,4,6H2,1-3H3,(H,23,24,26)(H2,22,25,27,29). The first-order valence-corrected chi connectivity index (χ1v) is 10.6. The number of hydrogen-bond acceptors (Lipinski definition) is 6. The molecule has 0 aliphatic carbocycles. The summed E-state index contributed by atoms with van der Waals surface area (Å²) >= 11 is 6.67. The molecule has 3 aromatic rings. The fraction of sp³-hybridized carbons (Fsp3) is 0.238. The molecule has 3 N–H and O–H groups in total. The number of thiazole rings is 1. The maximum atomic E-state index is 12.6. The van der Waals surface area contributed by atoms with Gasteiger partial charge in [-0.3, -0.25) is 14.9 Å². The quantitative estimate of drug-likeness (QED) is 0.488. The molecule has 0 spiro atoms. The SMILES string of the molecule is CCCC(=O)Nc1nc2ccc(NC(=S)NC(=O)c3cccc(C)c3OC)cc2s1. The van der Waals surface area contributed by atoms with Crippen molar-refractivity contribution in [2.24, 2.45) is 0 Å². The van der Waals surface area contributed by atoms with Crippen LogP contribution in [-0.2, 0) is 4.79 Å². The van der Waals surface area contributed by atoms with Crippen molar-refractivity contribution >= 4 is 61.5 Å². The van der Waals surface area contributed by atoms with Crippen LogP contribution in [0.25, 0.3) is 10.2 Å². The zero-order chi connectivity index (χ0) is 21.7. The molecule has 0 fully saturated rings. The lowest BCUT2D eigenvalue weighted by atomic mass is 10.1. The maximum Gasteiger partial charge on any atom is 0.261 e. The molecule has 2 amide bonds. The second-order valence-electron chi connectivity index (χ2n) is 6.56. The number of amides is 2. The number of nitrogens with zero attached hydrogens (tertiary/aromatic N) is 1. The van der Waals surface area contributed by atoms with Crippen LogP contribution in [0.1, 0.15) is 35.7 Å². The predicted octanol–water partition coefficient (Wildman–Crippen LogP) is 4.48. The van der Waals surface area contributed by atoms with Crippen LogP contribution in [0.15, 0.2) is 36.4 Å². The number of anilines is 2. The van der Waals surface area contributed by atoms with Gasteiger partial charge in [0, 0.05) is 12.1 Å². The molecule has 9 heteroatoms. The molecule has 2 aromatic carbocycles. The van der Waals surface area contributed by atoms with Gasteiger partial charge in [-0.1, -0.05) is 30.4 Å². The number of aromatic nitrogens is 1. The first-order valence-electron chi connectivity index (χ1n) is 9.37. The minimum Gasteiger partial charge on any atom is -0.496 e. The Morgan fingerprint density at radius 3 is 2.73 bits per heavy atom. The van der Waals surface area contributed by atoms with Crippen LogP contribution >= 0.6 is 23.6 Å². The van der Waals surface area contributed by atoms with E-state index in [1.807, 2.05) is 38.1 Å². The van der Waals surface area contributed by atoms with Crippen molar-refractivity contribution < 1.29 is 14.3 Å². The Morgan fingerprint density at radius 1 is 1.20 bits per heavy atom. The van der Waals surface area contributed by atoms with Gasteiger partial charge in [0.25, 0.3) is 5.91 Å². The predicted molar refractivity (Wildman–Crippen MR) is 125 cm³/mol. The van der Waals surface area contributed by atoms with E-state index in [1.54, 1.807) is 12.1 Å². The van der Waals surface area contributed by atoms with E-state index in [-0.39, 0.29) is 16.9 Å². The largest absolute Gasteiger partial charge is 0.496 e. The molecule has 30 heavy (non-hydrogen) atoms. The van der Waals surface area contributed by atoms with Gasteiger partial charge in [-0.2, -0.15) is 0 Å². The minimum atomic E-state index is -0.354. The molecule has 3 rings (SSSR count). The number of nitrogens with one attached hydrogen (secondary N) is 3. The van der Waals surface area contributed by atoms with E-state index in [9.17, 15) is 9.59 Å². The molecule has 1 heterocycles. The Hall–Kier alpha value is -3.04. The number of fused-ring (bicyclic) bond motifs is 1. The van der Waals surface area contributed by atoms with Gasteiger partial charge >= 0.3 is 0 Å². The second-order valence-corrected chi connectivity index (χ2v) is 8.00. The molecule has 0 aliphatic rings. The van der Waals surface area contributed by atoms with Crippen LogP contribution in [0, 0.1) is 6.92 Å². The number of ether oxygens (including phenoxy) is 1. The Bertz CT molecular complexity index is 1110. The van der Waals surface area contributed by atoms with E-state index in [0.717, 1.165) is 22.2 Å². The molecule has 0 unspecified atom stereocenters. The molecule has 0 radical (unpaired) electrons. The van der Waals surface area contributed by atoms with Gasteiger partial charge < -0.3 is 15.4 Å². The number of thiocarbonyl (C=S) groups is 1. The van der Waals surface area contributed by atoms with Gasteiger partial charge in [0.2, 0.25) is 5.91 Å². The molecule has 156 valence electrons. The lowest BCUT2D eigenvalue weighted by molar-refractivity contribution is -0.116. The van der Waals surface area contributed by atoms with Crippen molar-refractivity contribution in [3.63, 3.8) is 0 Å². The number of aryl methyl sites for hydroxylation is 1. The van der Waals surface area contributed by atoms with E-state index in [1.165, 1.54) is 18.4 Å². The molecular formula is C21H22N4O3S2. The summed E-state index contributed by atoms with van der Waals surface area (Å²) in [5, 5.41) is 9.21. The number of methoxy groups -OCH3 is 1. The third-order valence-corrected chi connectivity index (χ3v) is 5.40. The number of rotatable bonds is 6. The highest BCUT2D eigenvalue weighted by Crippen LogP contribution is 2.28. The van der Waals surface area contributed by atoms with E-state index in [2.05, 4.69) is 20.9 Å². The lowest BCUT2D eigenvalue weighted by Crippen LogP contribution is -2.34. The highest BCUT2D eigenvalue weighted by molar-refractivity contribution is 7.80. The smallest absolute Gasteiger partial charge is 0.261 e. The first-order chi connectivity index (χ1) is 14.4. The molecule has 7 nitrogen and oxygen atoms in total. The van der Waals surface area contributed by atoms with Crippen molar-refractivity contribution in [3.05, 3.63) is 47.5 Å². The normalized spacial score (nSPS) is 10.5. The fourth-order valence-electron chi connectivity index (χ4n) is 2.90. The zero-order valence-corrected chi connectivity index (χ0v) is 18.5. The van der Waals surface area contributed by atoms with Crippen LogP contribution in [0.2, 0.25) is 0 Å². The van der Waals surface area contributed by atoms with E-state index in [4.69, 9.17) is 17.0 Å². The molecule has 0 atom stereocenters. The van der Waals surface area contributed by atoms with Gasteiger partial charge in [-0.05, 0) is 55.4 Å². The van der Waals surface area contributed by atoms with Crippen molar-refractivity contribution in [1.29, 1.82) is 0 Å². The fourth-order valence-corrected chi connectivity index (χ4v) is 4.03. The summed E-state index contributed by atoms with van der Waals surface area (Å²) in [6.07, 6.45) is 1.24. The number of para-hydroxylation sites is 1. The van der Waals surface area contributed by atoms with E-state index >= 15 is 0 Å². The molecule has 0 aliphatic heterocycles. The Morgan fingerprint density at radius 2 is 2.00 bits per heavy atom. The molecular weight excluding hydrogens is 420 g/mol. The second kappa shape index (κ2) is 9.64. The zero-order valence-electron chi connectivity index (χ0n) is 16.9. The summed E-state index contributed by atoms with van der Waals surface area (Å²) in [5.74, 6) is 0.111. The molecule has 0 saturated carbocycles. The number of hydrogen-bond donors (Lipinski definition) is 3. The van der Waals surface area contributed by atoms with Crippen LogP contribution in [0.4, 0.5) is 10.8 Å². The monoisotopic (exact) mass is 442 g/mol. The number of benzene rings is 2. The summed E-state index contributed by atoms with van der Waals surface area (Å²) < 4.78 is 6.22. The van der Waals surface area contributed by atoms with Crippen LogP contribution in [-0.4, -0.2) is 29.0 Å². The summed E-state index contributed by atoms with van der Waals surface area (Å²) in [6, 6.07) is 10.9. The van der Waals surface area contributed by atoms with Crippen LogP contribution in [0.3, 0.4) is 0 Å². The summed E-state index contributed by atoms with van der Waals surface area (Å²) in [6.45, 7) is 3.82. The van der Waals surface area contributed by atoms with Gasteiger partial charge in [-0.25, -0.2) is 4.98 Å². The Balaban J connectivity index is 1.68. The van der Waals surface area contributed by atoms with E-state index in [0.29, 0.717) is 28.6 Å². The summed E-state index contributed by atoms with van der Waals surface area (Å²) in [7, 11) is 1.53. The average Bonchev–Trinajstić information content (AvgIpc) is 3.09. The summed E-state index contributed by atoms with van der Waals surface area (Å²) in [5.41, 5.74) is 2.75. The molecule has 0 bridgehead atoms. The highest BCUT2D eigenvalue weighted by atomic mass is 32.1. The van der Waals surface area contributed by atoms with Crippen molar-refractivity contribution in [2.45, 2.75) is 26.7 Å². The average molecular weight is 443 g/mol. The number of carbonyl (C=O) groups is 2. The van der Waals surface area contributed by atoms with Crippen molar-refractivity contribution in [1.82, 2.24) is 10.3 Å². The van der Waals surface area contributed by atoms with Gasteiger partial charge in [0.05, 0.1) is 22.9 Å². The van der Waals surface area contributed by atoms with Crippen LogP contribution < -0.4 is 20.7 Å². The van der Waals surface area contributed by atoms with Crippen molar-refractivity contribution in [2.75, 3.05) is 17.7 Å².